The maximum absolute atomic E-state index is 13.1. The van der Waals surface area contributed by atoms with Crippen LogP contribution in [0.5, 0.6) is 11.5 Å². The zero-order valence-corrected chi connectivity index (χ0v) is 19.5. The van der Waals surface area contributed by atoms with Gasteiger partial charge in [-0.1, -0.05) is 0 Å². The van der Waals surface area contributed by atoms with E-state index < -0.39 is 5.97 Å². The van der Waals surface area contributed by atoms with Gasteiger partial charge in [-0.2, -0.15) is 0 Å². The van der Waals surface area contributed by atoms with Crippen LogP contribution in [0.25, 0.3) is 0 Å². The van der Waals surface area contributed by atoms with Crippen molar-refractivity contribution in [2.75, 3.05) is 6.61 Å². The van der Waals surface area contributed by atoms with Gasteiger partial charge in [0.25, 0.3) is 5.91 Å². The smallest absolute Gasteiger partial charge is 0.308 e. The monoisotopic (exact) mass is 466 g/mol. The molecule has 0 atom stereocenters. The molecular weight excluding hydrogens is 440 g/mol. The highest BCUT2D eigenvalue weighted by molar-refractivity contribution is 7.16. The molecule has 0 radical (unpaired) electrons. The number of hydrogen-bond donors (Lipinski definition) is 1. The first kappa shape index (κ1) is 22.8. The van der Waals surface area contributed by atoms with Gasteiger partial charge in [0.2, 0.25) is 0 Å². The van der Waals surface area contributed by atoms with Crippen molar-refractivity contribution >= 4 is 34.4 Å². The normalized spacial score (nSPS) is 13.0. The third kappa shape index (κ3) is 5.51. The van der Waals surface area contributed by atoms with Gasteiger partial charge < -0.3 is 19.2 Å². The van der Waals surface area contributed by atoms with Crippen LogP contribution in [0.3, 0.4) is 0 Å². The number of ether oxygens (including phenoxy) is 2. The van der Waals surface area contributed by atoms with Crippen LogP contribution >= 0.6 is 11.3 Å². The molecule has 1 aliphatic rings. The summed E-state index contributed by atoms with van der Waals surface area (Å²) in [5, 5.41) is 3.65. The summed E-state index contributed by atoms with van der Waals surface area (Å²) < 4.78 is 16.2. The third-order valence-electron chi connectivity index (χ3n) is 5.24. The molecule has 7 nitrogen and oxygen atoms in total. The molecule has 0 bridgehead atoms. The van der Waals surface area contributed by atoms with E-state index in [9.17, 15) is 9.59 Å². The maximum Gasteiger partial charge on any atom is 0.308 e. The summed E-state index contributed by atoms with van der Waals surface area (Å²) in [7, 11) is 0. The molecule has 2 heterocycles. The Morgan fingerprint density at radius 1 is 1.21 bits per heavy atom. The van der Waals surface area contributed by atoms with Crippen molar-refractivity contribution < 1.29 is 23.5 Å². The average molecular weight is 467 g/mol. The van der Waals surface area contributed by atoms with E-state index in [2.05, 4.69) is 10.3 Å². The largest absolute Gasteiger partial charge is 0.490 e. The number of carbonyl (C=O) groups excluding carboxylic acids is 2. The van der Waals surface area contributed by atoms with Crippen molar-refractivity contribution in [3.05, 3.63) is 63.9 Å². The maximum atomic E-state index is 13.1. The van der Waals surface area contributed by atoms with Gasteiger partial charge in [-0.15, -0.1) is 11.3 Å². The number of hydrogen-bond acceptors (Lipinski definition) is 7. The number of fused-ring (bicyclic) bond motifs is 1. The number of thiophene rings is 1. The number of esters is 1. The molecular formula is C25H26N2O5S. The van der Waals surface area contributed by atoms with Crippen LogP contribution in [0.1, 0.15) is 58.8 Å². The number of aliphatic imine (C=N–C) groups is 1. The molecule has 2 aromatic heterocycles. The van der Waals surface area contributed by atoms with Crippen LogP contribution in [0.15, 0.2) is 46.0 Å². The minimum absolute atomic E-state index is 0.141. The fourth-order valence-electron chi connectivity index (χ4n) is 3.79. The lowest BCUT2D eigenvalue weighted by Crippen LogP contribution is -2.23. The summed E-state index contributed by atoms with van der Waals surface area (Å²) in [6, 6.07) is 8.89. The molecule has 0 aliphatic heterocycles. The number of amides is 1. The van der Waals surface area contributed by atoms with E-state index in [4.69, 9.17) is 13.9 Å². The number of carbonyl (C=O) groups is 2. The molecule has 0 saturated carbocycles. The Labute approximate surface area is 196 Å². The molecule has 1 N–H and O–H groups in total. The minimum Gasteiger partial charge on any atom is -0.490 e. The quantitative estimate of drug-likeness (QED) is 0.279. The number of benzene rings is 1. The number of furan rings is 1. The topological polar surface area (TPSA) is 90.1 Å². The Morgan fingerprint density at radius 3 is 2.82 bits per heavy atom. The first-order valence-corrected chi connectivity index (χ1v) is 11.8. The molecule has 1 aromatic carbocycles. The van der Waals surface area contributed by atoms with Gasteiger partial charge in [0, 0.05) is 18.0 Å². The van der Waals surface area contributed by atoms with Crippen LogP contribution in [0.4, 0.5) is 5.00 Å². The van der Waals surface area contributed by atoms with Crippen molar-refractivity contribution in [2.45, 2.75) is 46.1 Å². The second kappa shape index (κ2) is 10.5. The van der Waals surface area contributed by atoms with Gasteiger partial charge in [0.05, 0.1) is 25.0 Å². The third-order valence-corrected chi connectivity index (χ3v) is 6.44. The molecule has 3 aromatic rings. The SMILES string of the molecule is CCOc1cc(C=Nc2sc3c(c2C(=O)NCc2ccco2)CCCC3)ccc1OC(C)=O. The Hall–Kier alpha value is -3.39. The minimum atomic E-state index is -0.410. The lowest BCUT2D eigenvalue weighted by Gasteiger charge is -2.12. The van der Waals surface area contributed by atoms with Crippen molar-refractivity contribution in [3.63, 3.8) is 0 Å². The summed E-state index contributed by atoms with van der Waals surface area (Å²) >= 11 is 1.58. The molecule has 33 heavy (non-hydrogen) atoms. The molecule has 0 saturated heterocycles. The van der Waals surface area contributed by atoms with E-state index in [1.54, 1.807) is 48.1 Å². The molecule has 1 aliphatic carbocycles. The summed E-state index contributed by atoms with van der Waals surface area (Å²) in [4.78, 5) is 30.4. The predicted molar refractivity (Wildman–Crippen MR) is 127 cm³/mol. The summed E-state index contributed by atoms with van der Waals surface area (Å²) in [5.74, 6) is 0.989. The summed E-state index contributed by atoms with van der Waals surface area (Å²) in [6.45, 7) is 3.98. The van der Waals surface area contributed by atoms with E-state index in [0.717, 1.165) is 36.8 Å². The first-order chi connectivity index (χ1) is 16.0. The van der Waals surface area contributed by atoms with E-state index in [1.807, 2.05) is 13.0 Å². The Bertz CT molecular complexity index is 1160. The molecule has 0 unspecified atom stereocenters. The van der Waals surface area contributed by atoms with Gasteiger partial charge in [0.1, 0.15) is 10.8 Å². The van der Waals surface area contributed by atoms with Gasteiger partial charge in [-0.05, 0) is 74.1 Å². The number of rotatable bonds is 8. The van der Waals surface area contributed by atoms with Gasteiger partial charge >= 0.3 is 5.97 Å². The zero-order chi connectivity index (χ0) is 23.2. The van der Waals surface area contributed by atoms with Crippen LogP contribution in [-0.4, -0.2) is 24.7 Å². The van der Waals surface area contributed by atoms with Crippen LogP contribution < -0.4 is 14.8 Å². The lowest BCUT2D eigenvalue weighted by molar-refractivity contribution is -0.132. The van der Waals surface area contributed by atoms with Gasteiger partial charge in [-0.25, -0.2) is 4.99 Å². The molecule has 4 rings (SSSR count). The average Bonchev–Trinajstić information content (AvgIpc) is 3.45. The fraction of sp³-hybridized carbons (Fsp3) is 0.320. The molecule has 0 spiro atoms. The molecule has 172 valence electrons. The highest BCUT2D eigenvalue weighted by Gasteiger charge is 2.25. The number of nitrogens with zero attached hydrogens (tertiary/aromatic N) is 1. The summed E-state index contributed by atoms with van der Waals surface area (Å²) in [6.07, 6.45) is 7.35. The Balaban J connectivity index is 1.60. The highest BCUT2D eigenvalue weighted by atomic mass is 32.1. The van der Waals surface area contributed by atoms with Crippen molar-refractivity contribution in [2.24, 2.45) is 4.99 Å². The molecule has 1 amide bonds. The van der Waals surface area contributed by atoms with Crippen LogP contribution in [0, 0.1) is 0 Å². The van der Waals surface area contributed by atoms with Crippen molar-refractivity contribution in [3.8, 4) is 11.5 Å². The van der Waals surface area contributed by atoms with E-state index in [0.29, 0.717) is 41.0 Å². The Morgan fingerprint density at radius 2 is 2.06 bits per heavy atom. The number of nitrogens with one attached hydrogen (secondary N) is 1. The van der Waals surface area contributed by atoms with E-state index in [-0.39, 0.29) is 5.91 Å². The first-order valence-electron chi connectivity index (χ1n) is 11.0. The van der Waals surface area contributed by atoms with Crippen LogP contribution in [-0.2, 0) is 24.2 Å². The number of aryl methyl sites for hydroxylation is 1. The van der Waals surface area contributed by atoms with Gasteiger partial charge in [-0.3, -0.25) is 9.59 Å². The summed E-state index contributed by atoms with van der Waals surface area (Å²) in [5.41, 5.74) is 2.54. The van der Waals surface area contributed by atoms with Crippen LogP contribution in [0.2, 0.25) is 0 Å². The Kier molecular flexibility index (Phi) is 7.24. The van der Waals surface area contributed by atoms with E-state index >= 15 is 0 Å². The lowest BCUT2D eigenvalue weighted by atomic mass is 9.95. The standard InChI is InChI=1S/C25H26N2O5S/c1-3-30-21-13-17(10-11-20(21)32-16(2)28)14-27-25-23(19-8-4-5-9-22(19)33-25)24(29)26-15-18-7-6-12-31-18/h6-7,10-14H,3-5,8-9,15H2,1-2H3,(H,26,29). The zero-order valence-electron chi connectivity index (χ0n) is 18.7. The second-order valence-corrected chi connectivity index (χ2v) is 8.73. The molecule has 8 heteroatoms. The van der Waals surface area contributed by atoms with E-state index in [1.165, 1.54) is 11.8 Å². The second-order valence-electron chi connectivity index (χ2n) is 7.64. The van der Waals surface area contributed by atoms with Crippen molar-refractivity contribution in [1.82, 2.24) is 5.32 Å². The fourth-order valence-corrected chi connectivity index (χ4v) is 5.02. The predicted octanol–water partition coefficient (Wildman–Crippen LogP) is 5.22. The molecule has 0 fully saturated rings. The van der Waals surface area contributed by atoms with Crippen molar-refractivity contribution in [1.29, 1.82) is 0 Å². The highest BCUT2D eigenvalue weighted by Crippen LogP contribution is 2.40. The van der Waals surface area contributed by atoms with Gasteiger partial charge in [0.15, 0.2) is 11.5 Å².